The quantitative estimate of drug-likeness (QED) is 0.0918. The van der Waals surface area contributed by atoms with Gasteiger partial charge in [0.1, 0.15) is 0 Å². The van der Waals surface area contributed by atoms with E-state index in [2.05, 4.69) is 95.4 Å². The summed E-state index contributed by atoms with van der Waals surface area (Å²) >= 11 is -0.826. The maximum atomic E-state index is 13.2. The molecule has 0 aliphatic carbocycles. The molecule has 0 unspecified atom stereocenters. The van der Waals surface area contributed by atoms with Crippen molar-refractivity contribution in [3.63, 3.8) is 0 Å². The van der Waals surface area contributed by atoms with Crippen LogP contribution in [0, 0.1) is 6.92 Å². The Morgan fingerprint density at radius 2 is 0.964 bits per heavy atom. The summed E-state index contributed by atoms with van der Waals surface area (Å²) in [6.07, 6.45) is -19.9. The van der Waals surface area contributed by atoms with Gasteiger partial charge in [-0.2, -0.15) is 51.6 Å². The van der Waals surface area contributed by atoms with Gasteiger partial charge >= 0.3 is 56.4 Å². The Balaban J connectivity index is 0.000000273. The van der Waals surface area contributed by atoms with Gasteiger partial charge in [0.25, 0.3) is 5.41 Å². The zero-order valence-electron chi connectivity index (χ0n) is 31.7. The Labute approximate surface area is 343 Å². The third kappa shape index (κ3) is 10.6. The van der Waals surface area contributed by atoms with Crippen molar-refractivity contribution in [2.75, 3.05) is 0 Å². The summed E-state index contributed by atoms with van der Waals surface area (Å²) in [5, 5.41) is 4.20. The molecule has 0 atom stereocenters. The second-order valence-electron chi connectivity index (χ2n) is 13.8. The van der Waals surface area contributed by atoms with E-state index in [-0.39, 0.29) is 17.7 Å². The first-order valence-corrected chi connectivity index (χ1v) is 25.7. The van der Waals surface area contributed by atoms with Gasteiger partial charge in [0.05, 0.1) is 0 Å². The van der Waals surface area contributed by atoms with E-state index in [1.807, 2.05) is 6.07 Å². The Bertz CT molecular complexity index is 2090. The minimum absolute atomic E-state index is 0.199. The first-order chi connectivity index (χ1) is 26.1. The SMILES string of the molecule is CC(C)c1ccc(-c2cccc3[cH-]c(C(C)C)cc23)cc1.C[Si]C.Cc1cc2c(-c3ccc(C(C(F)(F)F)(C(F)(F)F)C(F)(F)F)cc3)cccc2[cH-]1.[Cl][Zr+2][Cl]. The van der Waals surface area contributed by atoms with Crippen molar-refractivity contribution in [2.24, 2.45) is 0 Å². The molecule has 0 nitrogen and oxygen atoms in total. The maximum absolute atomic E-state index is 13.2. The van der Waals surface area contributed by atoms with Crippen LogP contribution in [0.15, 0.2) is 109 Å². The predicted molar refractivity (Wildman–Crippen MR) is 212 cm³/mol. The second-order valence-corrected chi connectivity index (χ2v) is 18.5. The molecule has 298 valence electrons. The van der Waals surface area contributed by atoms with Crippen molar-refractivity contribution in [3.05, 3.63) is 131 Å². The van der Waals surface area contributed by atoms with Crippen molar-refractivity contribution < 1.29 is 60.4 Å². The number of alkyl halides is 9. The molecule has 0 heterocycles. The zero-order valence-corrected chi connectivity index (χ0v) is 36.7. The molecule has 0 fully saturated rings. The molecule has 6 aromatic rings. The Kier molecular flexibility index (Phi) is 16.7. The van der Waals surface area contributed by atoms with Crippen LogP contribution in [0.4, 0.5) is 39.5 Å². The van der Waals surface area contributed by atoms with Gasteiger partial charge in [-0.05, 0) is 34.1 Å². The predicted octanol–water partition coefficient (Wildman–Crippen LogP) is 16.1. The summed E-state index contributed by atoms with van der Waals surface area (Å²) in [4.78, 5) is 0. The number of hydrogen-bond donors (Lipinski definition) is 0. The molecule has 56 heavy (non-hydrogen) atoms. The summed E-state index contributed by atoms with van der Waals surface area (Å²) in [6, 6.07) is 31.0. The Morgan fingerprint density at radius 3 is 1.36 bits per heavy atom. The molecule has 0 saturated heterocycles. The van der Waals surface area contributed by atoms with Gasteiger partial charge in [-0.25, -0.2) is 0 Å². The molecular formula is C43H41Cl2F9SiZr. The van der Waals surface area contributed by atoms with Gasteiger partial charge in [-0.15, -0.1) is 69.1 Å². The van der Waals surface area contributed by atoms with Gasteiger partial charge in [-0.3, -0.25) is 0 Å². The van der Waals surface area contributed by atoms with Crippen LogP contribution in [-0.4, -0.2) is 28.0 Å². The van der Waals surface area contributed by atoms with Gasteiger partial charge in [0, 0.05) is 9.52 Å². The normalized spacial score (nSPS) is 12.1. The summed E-state index contributed by atoms with van der Waals surface area (Å²) < 4.78 is 119. The molecule has 2 radical (unpaired) electrons. The van der Waals surface area contributed by atoms with E-state index in [9.17, 15) is 39.5 Å². The molecule has 0 saturated carbocycles. The number of halogens is 11. The topological polar surface area (TPSA) is 0 Å². The third-order valence-electron chi connectivity index (χ3n) is 9.13. The Morgan fingerprint density at radius 1 is 0.571 bits per heavy atom. The molecule has 0 amide bonds. The zero-order chi connectivity index (χ0) is 42.2. The molecular weight excluding hydrogens is 878 g/mol. The molecule has 6 rings (SSSR count). The molecule has 0 aromatic heterocycles. The van der Waals surface area contributed by atoms with Crippen LogP contribution in [-0.2, 0) is 26.3 Å². The summed E-state index contributed by atoms with van der Waals surface area (Å²) in [6.45, 7) is 15.1. The van der Waals surface area contributed by atoms with Gasteiger partial charge in [0.15, 0.2) is 0 Å². The van der Waals surface area contributed by atoms with Crippen LogP contribution in [0.3, 0.4) is 0 Å². The molecule has 6 aromatic carbocycles. The first-order valence-electron chi connectivity index (χ1n) is 17.4. The van der Waals surface area contributed by atoms with Crippen LogP contribution in [0.25, 0.3) is 43.8 Å². The summed E-state index contributed by atoms with van der Waals surface area (Å²) in [5.41, 5.74) is -0.861. The first kappa shape index (κ1) is 47.5. The van der Waals surface area contributed by atoms with E-state index in [1.54, 1.807) is 31.2 Å². The van der Waals surface area contributed by atoms with Crippen LogP contribution in [0.5, 0.6) is 0 Å². The van der Waals surface area contributed by atoms with Crippen LogP contribution in [0.1, 0.15) is 61.8 Å². The fourth-order valence-corrected chi connectivity index (χ4v) is 6.40. The second kappa shape index (κ2) is 19.7. The van der Waals surface area contributed by atoms with Crippen molar-refractivity contribution in [3.8, 4) is 22.3 Å². The van der Waals surface area contributed by atoms with E-state index in [4.69, 9.17) is 17.0 Å². The average molecular weight is 919 g/mol. The molecule has 0 spiro atoms. The van der Waals surface area contributed by atoms with Crippen LogP contribution >= 0.6 is 17.0 Å². The molecule has 0 bridgehead atoms. The van der Waals surface area contributed by atoms with Crippen molar-refractivity contribution >= 4 is 48.1 Å². The van der Waals surface area contributed by atoms with E-state index in [0.29, 0.717) is 22.8 Å². The fourth-order valence-electron chi connectivity index (χ4n) is 6.40. The monoisotopic (exact) mass is 916 g/mol. The van der Waals surface area contributed by atoms with Crippen molar-refractivity contribution in [1.29, 1.82) is 0 Å². The van der Waals surface area contributed by atoms with Crippen LogP contribution in [0.2, 0.25) is 13.1 Å². The average Bonchev–Trinajstić information content (AvgIpc) is 3.71. The van der Waals surface area contributed by atoms with Crippen LogP contribution < -0.4 is 0 Å². The van der Waals surface area contributed by atoms with Gasteiger partial charge < -0.3 is 0 Å². The number of hydrogen-bond acceptors (Lipinski definition) is 0. The van der Waals surface area contributed by atoms with E-state index in [0.717, 1.165) is 32.6 Å². The molecule has 0 N–H and O–H groups in total. The number of fused-ring (bicyclic) bond motifs is 2. The fraction of sp³-hybridized carbons (Fsp3) is 0.302. The summed E-state index contributed by atoms with van der Waals surface area (Å²) in [7, 11) is 11.0. The van der Waals surface area contributed by atoms with Crippen molar-refractivity contribution in [2.45, 2.75) is 83.5 Å². The molecule has 0 aliphatic rings. The van der Waals surface area contributed by atoms with E-state index >= 15 is 0 Å². The molecule has 0 aliphatic heterocycles. The minimum atomic E-state index is -6.63. The summed E-state index contributed by atoms with van der Waals surface area (Å²) in [5.74, 6) is 1.16. The number of aryl methyl sites for hydroxylation is 1. The number of rotatable bonds is 5. The standard InChI is InChI=1S/C21H23.C20H12F9.C2H6Si.2ClH.Zr/c1-14(2)16-8-10-17(11-9-16)20-7-5-6-18-12-19(15(3)4)13-21(18)20;1-11-9-13-3-2-4-15(16(13)10-11)12-5-7-14(8-6-12)17(18(21,22)23,19(24,25)26)20(27,28)29;1-3-2;;;/h5-15H,1-4H3;2-10H,1H3;1-2H3;2*1H;/q2*-1;;;;+4/p-2. The van der Waals surface area contributed by atoms with E-state index < -0.39 is 50.4 Å². The third-order valence-corrected chi connectivity index (χ3v) is 9.13. The molecule has 13 heteroatoms. The van der Waals surface area contributed by atoms with E-state index in [1.165, 1.54) is 33.0 Å². The van der Waals surface area contributed by atoms with Crippen molar-refractivity contribution in [1.82, 2.24) is 0 Å². The van der Waals surface area contributed by atoms with Gasteiger partial charge in [-0.1, -0.05) is 120 Å². The van der Waals surface area contributed by atoms with Gasteiger partial charge in [0.2, 0.25) is 0 Å². The number of benzene rings is 4. The Hall–Kier alpha value is -2.85.